The number of carbonyl (C=O) groups is 1. The van der Waals surface area contributed by atoms with E-state index in [0.717, 1.165) is 9.87 Å². The molecule has 1 aliphatic heterocycles. The Morgan fingerprint density at radius 2 is 1.67 bits per heavy atom. The third-order valence-electron chi connectivity index (χ3n) is 3.41. The molecule has 2 unspecified atom stereocenters. The molecule has 1 aliphatic rings. The van der Waals surface area contributed by atoms with Gasteiger partial charge in [-0.05, 0) is 24.1 Å². The van der Waals surface area contributed by atoms with Gasteiger partial charge >= 0.3 is 5.97 Å². The first-order chi connectivity index (χ1) is 9.80. The van der Waals surface area contributed by atoms with Crippen LogP contribution in [0.3, 0.4) is 0 Å². The second kappa shape index (κ2) is 6.10. The number of aliphatic hydroxyl groups is 2. The van der Waals surface area contributed by atoms with Crippen LogP contribution in [0.15, 0.2) is 29.2 Å². The highest BCUT2D eigenvalue weighted by Crippen LogP contribution is 2.22. The Labute approximate surface area is 122 Å². The molecule has 116 valence electrons. The molecular weight excluding hydrogens is 298 g/mol. The van der Waals surface area contributed by atoms with Gasteiger partial charge in [0.25, 0.3) is 0 Å². The van der Waals surface area contributed by atoms with Crippen LogP contribution in [0.2, 0.25) is 0 Å². The predicted octanol–water partition coefficient (Wildman–Crippen LogP) is -0.570. The van der Waals surface area contributed by atoms with E-state index in [9.17, 15) is 23.4 Å². The summed E-state index contributed by atoms with van der Waals surface area (Å²) in [5, 5.41) is 27.5. The van der Waals surface area contributed by atoms with Gasteiger partial charge in [0.05, 0.1) is 17.1 Å². The molecule has 0 saturated carbocycles. The van der Waals surface area contributed by atoms with E-state index >= 15 is 0 Å². The molecule has 2 atom stereocenters. The summed E-state index contributed by atoms with van der Waals surface area (Å²) in [6.45, 7) is -0.269. The van der Waals surface area contributed by atoms with Crippen molar-refractivity contribution in [1.29, 1.82) is 0 Å². The highest BCUT2D eigenvalue weighted by atomic mass is 32.2. The van der Waals surface area contributed by atoms with Crippen molar-refractivity contribution in [3.63, 3.8) is 0 Å². The van der Waals surface area contributed by atoms with E-state index in [0.29, 0.717) is 6.42 Å². The zero-order valence-corrected chi connectivity index (χ0v) is 12.0. The number of aryl methyl sites for hydroxylation is 1. The highest BCUT2D eigenvalue weighted by Gasteiger charge is 2.37. The fourth-order valence-corrected chi connectivity index (χ4v) is 3.64. The second-order valence-electron chi connectivity index (χ2n) is 4.99. The maximum atomic E-state index is 12.3. The molecule has 1 aromatic rings. The first-order valence-electron chi connectivity index (χ1n) is 6.47. The summed E-state index contributed by atoms with van der Waals surface area (Å²) in [4.78, 5) is 10.5. The van der Waals surface area contributed by atoms with Gasteiger partial charge in [0, 0.05) is 19.5 Å². The molecule has 1 aromatic carbocycles. The van der Waals surface area contributed by atoms with E-state index in [4.69, 9.17) is 5.11 Å². The molecule has 0 aromatic heterocycles. The van der Waals surface area contributed by atoms with Crippen molar-refractivity contribution in [3.8, 4) is 0 Å². The van der Waals surface area contributed by atoms with E-state index in [2.05, 4.69) is 0 Å². The molecule has 0 amide bonds. The SMILES string of the molecule is O=C(O)CCc1ccc(S(=O)(=O)N2CC(O)C(O)C2)cc1. The Hall–Kier alpha value is -1.48. The fraction of sp³-hybridized carbons (Fsp3) is 0.462. The summed E-state index contributed by atoms with van der Waals surface area (Å²) in [6, 6.07) is 5.95. The Bertz CT molecular complexity index is 602. The Morgan fingerprint density at radius 3 is 2.14 bits per heavy atom. The number of nitrogens with zero attached hydrogens (tertiary/aromatic N) is 1. The summed E-state index contributed by atoms with van der Waals surface area (Å²) in [7, 11) is -3.76. The standard InChI is InChI=1S/C13H17NO6S/c15-11-7-14(8-12(11)16)21(19,20)10-4-1-9(2-5-10)3-6-13(17)18/h1-2,4-5,11-12,15-16H,3,6-8H2,(H,17,18). The lowest BCUT2D eigenvalue weighted by Crippen LogP contribution is -2.29. The van der Waals surface area contributed by atoms with Crippen LogP contribution in [-0.2, 0) is 21.2 Å². The van der Waals surface area contributed by atoms with Crippen molar-refractivity contribution in [2.45, 2.75) is 29.9 Å². The van der Waals surface area contributed by atoms with Crippen LogP contribution in [0, 0.1) is 0 Å². The Kier molecular flexibility index (Phi) is 4.62. The first kappa shape index (κ1) is 15.9. The number of aliphatic hydroxyl groups excluding tert-OH is 2. The average molecular weight is 315 g/mol. The number of sulfonamides is 1. The normalized spacial score (nSPS) is 23.3. The van der Waals surface area contributed by atoms with Gasteiger partial charge < -0.3 is 15.3 Å². The molecule has 0 aliphatic carbocycles. The summed E-state index contributed by atoms with van der Waals surface area (Å²) in [5.41, 5.74) is 0.734. The van der Waals surface area contributed by atoms with Gasteiger partial charge in [-0.1, -0.05) is 12.1 Å². The second-order valence-corrected chi connectivity index (χ2v) is 6.93. The van der Waals surface area contributed by atoms with Crippen LogP contribution in [0.5, 0.6) is 0 Å². The number of aliphatic carboxylic acids is 1. The zero-order valence-electron chi connectivity index (χ0n) is 11.2. The van der Waals surface area contributed by atoms with Crippen LogP contribution < -0.4 is 0 Å². The predicted molar refractivity (Wildman–Crippen MR) is 73.2 cm³/mol. The van der Waals surface area contributed by atoms with Crippen LogP contribution in [0.1, 0.15) is 12.0 Å². The number of carboxylic acid groups (broad SMARTS) is 1. The average Bonchev–Trinajstić information content (AvgIpc) is 2.77. The van der Waals surface area contributed by atoms with E-state index in [1.165, 1.54) is 12.1 Å². The van der Waals surface area contributed by atoms with Crippen LogP contribution in [-0.4, -0.2) is 59.3 Å². The number of hydrogen-bond acceptors (Lipinski definition) is 5. The van der Waals surface area contributed by atoms with Gasteiger partial charge in [-0.25, -0.2) is 8.42 Å². The third-order valence-corrected chi connectivity index (χ3v) is 5.26. The molecule has 8 heteroatoms. The first-order valence-corrected chi connectivity index (χ1v) is 7.91. The van der Waals surface area contributed by atoms with Gasteiger partial charge in [-0.2, -0.15) is 4.31 Å². The molecule has 0 spiro atoms. The highest BCUT2D eigenvalue weighted by molar-refractivity contribution is 7.89. The van der Waals surface area contributed by atoms with Gasteiger partial charge in [0.2, 0.25) is 10.0 Å². The molecule has 0 radical (unpaired) electrons. The van der Waals surface area contributed by atoms with Crippen molar-refractivity contribution >= 4 is 16.0 Å². The topological polar surface area (TPSA) is 115 Å². The minimum Gasteiger partial charge on any atom is -0.481 e. The van der Waals surface area contributed by atoms with Gasteiger partial charge in [0.15, 0.2) is 0 Å². The van der Waals surface area contributed by atoms with Crippen LogP contribution >= 0.6 is 0 Å². The molecule has 1 saturated heterocycles. The monoisotopic (exact) mass is 315 g/mol. The van der Waals surface area contributed by atoms with Crippen LogP contribution in [0.25, 0.3) is 0 Å². The van der Waals surface area contributed by atoms with Gasteiger partial charge in [0.1, 0.15) is 0 Å². The summed E-state index contributed by atoms with van der Waals surface area (Å²) in [5.74, 6) is -0.910. The van der Waals surface area contributed by atoms with Crippen LogP contribution in [0.4, 0.5) is 0 Å². The van der Waals surface area contributed by atoms with Crippen molar-refractivity contribution in [2.75, 3.05) is 13.1 Å². The van der Waals surface area contributed by atoms with Crippen molar-refractivity contribution in [3.05, 3.63) is 29.8 Å². The number of hydrogen-bond donors (Lipinski definition) is 3. The van der Waals surface area contributed by atoms with Gasteiger partial charge in [-0.3, -0.25) is 4.79 Å². The molecule has 3 N–H and O–H groups in total. The lowest BCUT2D eigenvalue weighted by Gasteiger charge is -2.15. The van der Waals surface area contributed by atoms with Crippen molar-refractivity contribution in [1.82, 2.24) is 4.31 Å². The third kappa shape index (κ3) is 3.59. The maximum absolute atomic E-state index is 12.3. The van der Waals surface area contributed by atoms with E-state index in [1.807, 2.05) is 0 Å². The molecule has 1 fully saturated rings. The molecule has 0 bridgehead atoms. The summed E-state index contributed by atoms with van der Waals surface area (Å²) in [6.07, 6.45) is -1.84. The minimum atomic E-state index is -3.76. The smallest absolute Gasteiger partial charge is 0.303 e. The Morgan fingerprint density at radius 1 is 1.14 bits per heavy atom. The molecule has 1 heterocycles. The minimum absolute atomic E-state index is 0.0173. The van der Waals surface area contributed by atoms with E-state index in [-0.39, 0.29) is 24.4 Å². The number of carboxylic acids is 1. The quantitative estimate of drug-likeness (QED) is 0.670. The van der Waals surface area contributed by atoms with Crippen molar-refractivity contribution < 1.29 is 28.5 Å². The largest absolute Gasteiger partial charge is 0.481 e. The molecular formula is C13H17NO6S. The number of rotatable bonds is 5. The Balaban J connectivity index is 2.12. The summed E-state index contributed by atoms with van der Waals surface area (Å²) < 4.78 is 25.7. The molecule has 21 heavy (non-hydrogen) atoms. The molecule has 7 nitrogen and oxygen atoms in total. The maximum Gasteiger partial charge on any atom is 0.303 e. The number of benzene rings is 1. The van der Waals surface area contributed by atoms with Gasteiger partial charge in [-0.15, -0.1) is 0 Å². The summed E-state index contributed by atoms with van der Waals surface area (Å²) >= 11 is 0. The van der Waals surface area contributed by atoms with E-state index in [1.54, 1.807) is 12.1 Å². The lowest BCUT2D eigenvalue weighted by molar-refractivity contribution is -0.136. The zero-order chi connectivity index (χ0) is 15.6. The lowest BCUT2D eigenvalue weighted by atomic mass is 10.1. The fourth-order valence-electron chi connectivity index (χ4n) is 2.16. The van der Waals surface area contributed by atoms with E-state index < -0.39 is 28.2 Å². The molecule has 2 rings (SSSR count). The number of β-amino-alcohol motifs (C(OH)–C–C–N with tert-alkyl or cyclic N) is 2. The van der Waals surface area contributed by atoms with Crippen molar-refractivity contribution in [2.24, 2.45) is 0 Å².